The lowest BCUT2D eigenvalue weighted by Gasteiger charge is -2.28. The molecule has 22 heavy (non-hydrogen) atoms. The average molecular weight is 301 g/mol. The number of rotatable bonds is 4. The van der Waals surface area contributed by atoms with Gasteiger partial charge < -0.3 is 4.74 Å². The van der Waals surface area contributed by atoms with E-state index in [-0.39, 0.29) is 23.6 Å². The molecule has 3 nitrogen and oxygen atoms in total. The van der Waals surface area contributed by atoms with Crippen molar-refractivity contribution in [2.24, 2.45) is 0 Å². The van der Waals surface area contributed by atoms with E-state index in [2.05, 4.69) is 0 Å². The molecule has 2 rings (SSSR count). The number of carbonyl (C=O) groups excluding carboxylic acids is 1. The van der Waals surface area contributed by atoms with Crippen molar-refractivity contribution in [1.29, 1.82) is 5.26 Å². The second kappa shape index (κ2) is 7.74. The number of carbonyl (C=O) groups is 1. The van der Waals surface area contributed by atoms with E-state index in [1.165, 1.54) is 18.2 Å². The number of nitrogens with zero attached hydrogens (tertiary/aromatic N) is 1. The van der Waals surface area contributed by atoms with Crippen LogP contribution in [-0.2, 0) is 9.53 Å². The molecule has 0 atom stereocenters. The number of nitriles is 1. The van der Waals surface area contributed by atoms with Gasteiger partial charge in [0.2, 0.25) is 0 Å². The first-order valence-electron chi connectivity index (χ1n) is 7.70. The molecule has 0 saturated heterocycles. The van der Waals surface area contributed by atoms with Crippen LogP contribution in [0.4, 0.5) is 4.39 Å². The number of allylic oxidation sites excluding steroid dienone is 1. The second-order valence-electron chi connectivity index (χ2n) is 5.57. The van der Waals surface area contributed by atoms with Crippen molar-refractivity contribution in [1.82, 2.24) is 0 Å². The maximum Gasteiger partial charge on any atom is 0.330 e. The number of hydrogen-bond donors (Lipinski definition) is 0. The fourth-order valence-corrected chi connectivity index (χ4v) is 2.81. The van der Waals surface area contributed by atoms with E-state index < -0.39 is 5.82 Å². The van der Waals surface area contributed by atoms with Gasteiger partial charge in [0.1, 0.15) is 18.0 Å². The maximum atomic E-state index is 13.7. The van der Waals surface area contributed by atoms with Crippen LogP contribution >= 0.6 is 0 Å². The number of benzene rings is 1. The van der Waals surface area contributed by atoms with E-state index in [9.17, 15) is 9.18 Å². The molecule has 1 aromatic carbocycles. The van der Waals surface area contributed by atoms with Crippen molar-refractivity contribution in [3.8, 4) is 6.07 Å². The van der Waals surface area contributed by atoms with Crippen LogP contribution in [0.3, 0.4) is 0 Å². The Bertz CT molecular complexity index is 596. The molecule has 0 heterocycles. The Labute approximate surface area is 130 Å². The van der Waals surface area contributed by atoms with E-state index in [4.69, 9.17) is 10.00 Å². The van der Waals surface area contributed by atoms with Gasteiger partial charge in [0.25, 0.3) is 0 Å². The van der Waals surface area contributed by atoms with Gasteiger partial charge in [0.15, 0.2) is 0 Å². The standard InChI is InChI=1S/C18H20FNO2/c1-2-3-4-18(21)22-16-9-7-13(8-10-16)14-5-6-15(12-20)17(19)11-14/h3-6,11,13,16H,2,7-10H2,1H3. The van der Waals surface area contributed by atoms with Gasteiger partial charge >= 0.3 is 5.97 Å². The molecule has 1 aliphatic carbocycles. The largest absolute Gasteiger partial charge is 0.459 e. The fourth-order valence-electron chi connectivity index (χ4n) is 2.81. The lowest BCUT2D eigenvalue weighted by atomic mass is 9.82. The molecule has 0 aliphatic heterocycles. The van der Waals surface area contributed by atoms with Crippen molar-refractivity contribution >= 4 is 5.97 Å². The molecule has 1 fully saturated rings. The third-order valence-corrected chi connectivity index (χ3v) is 4.03. The number of esters is 1. The van der Waals surface area contributed by atoms with Gasteiger partial charge in [0, 0.05) is 6.08 Å². The molecule has 0 spiro atoms. The van der Waals surface area contributed by atoms with Crippen LogP contribution in [0.25, 0.3) is 0 Å². The quantitative estimate of drug-likeness (QED) is 0.617. The van der Waals surface area contributed by atoms with Crippen molar-refractivity contribution in [2.75, 3.05) is 0 Å². The van der Waals surface area contributed by atoms with E-state index >= 15 is 0 Å². The zero-order valence-electron chi connectivity index (χ0n) is 12.7. The molecule has 0 bridgehead atoms. The summed E-state index contributed by atoms with van der Waals surface area (Å²) < 4.78 is 19.1. The predicted molar refractivity (Wildman–Crippen MR) is 81.6 cm³/mol. The Hall–Kier alpha value is -2.15. The highest BCUT2D eigenvalue weighted by molar-refractivity contribution is 5.82. The van der Waals surface area contributed by atoms with Crippen LogP contribution in [0.5, 0.6) is 0 Å². The molecule has 0 N–H and O–H groups in total. The first-order chi connectivity index (χ1) is 10.6. The number of ether oxygens (including phenoxy) is 1. The van der Waals surface area contributed by atoms with E-state index in [0.29, 0.717) is 0 Å². The Morgan fingerprint density at radius 1 is 1.41 bits per heavy atom. The third-order valence-electron chi connectivity index (χ3n) is 4.03. The molecule has 4 heteroatoms. The average Bonchev–Trinajstić information content (AvgIpc) is 2.53. The summed E-state index contributed by atoms with van der Waals surface area (Å²) in [5.74, 6) is -0.476. The zero-order valence-corrected chi connectivity index (χ0v) is 12.7. The summed E-state index contributed by atoms with van der Waals surface area (Å²) in [7, 11) is 0. The Morgan fingerprint density at radius 3 is 2.73 bits per heavy atom. The summed E-state index contributed by atoms with van der Waals surface area (Å²) in [6.07, 6.45) is 7.33. The van der Waals surface area contributed by atoms with Crippen molar-refractivity contribution in [2.45, 2.75) is 51.0 Å². The van der Waals surface area contributed by atoms with E-state index in [0.717, 1.165) is 37.7 Å². The molecule has 1 aliphatic rings. The Morgan fingerprint density at radius 2 is 2.14 bits per heavy atom. The Balaban J connectivity index is 1.89. The first-order valence-corrected chi connectivity index (χ1v) is 7.70. The summed E-state index contributed by atoms with van der Waals surface area (Å²) in [4.78, 5) is 11.5. The summed E-state index contributed by atoms with van der Waals surface area (Å²) in [5.41, 5.74) is 1.00. The fraction of sp³-hybridized carbons (Fsp3) is 0.444. The molecule has 0 unspecified atom stereocenters. The number of hydrogen-bond acceptors (Lipinski definition) is 3. The van der Waals surface area contributed by atoms with Gasteiger partial charge in [0.05, 0.1) is 5.56 Å². The highest BCUT2D eigenvalue weighted by Crippen LogP contribution is 2.34. The van der Waals surface area contributed by atoms with Crippen molar-refractivity contribution < 1.29 is 13.9 Å². The second-order valence-corrected chi connectivity index (χ2v) is 5.57. The van der Waals surface area contributed by atoms with Gasteiger partial charge in [-0.25, -0.2) is 9.18 Å². The minimum absolute atomic E-state index is 0.0477. The van der Waals surface area contributed by atoms with Gasteiger partial charge in [-0.15, -0.1) is 0 Å². The topological polar surface area (TPSA) is 50.1 Å². The lowest BCUT2D eigenvalue weighted by molar-refractivity contribution is -0.144. The van der Waals surface area contributed by atoms with Crippen LogP contribution in [0.2, 0.25) is 0 Å². The highest BCUT2D eigenvalue weighted by Gasteiger charge is 2.24. The van der Waals surface area contributed by atoms with Gasteiger partial charge in [-0.3, -0.25) is 0 Å². The molecule has 0 radical (unpaired) electrons. The monoisotopic (exact) mass is 301 g/mol. The van der Waals surface area contributed by atoms with E-state index in [1.54, 1.807) is 6.08 Å². The Kier molecular flexibility index (Phi) is 5.71. The van der Waals surface area contributed by atoms with E-state index in [1.807, 2.05) is 19.1 Å². The van der Waals surface area contributed by atoms with Gasteiger partial charge in [-0.1, -0.05) is 19.1 Å². The molecule has 1 saturated carbocycles. The van der Waals surface area contributed by atoms with Crippen LogP contribution in [0.15, 0.2) is 30.4 Å². The van der Waals surface area contributed by atoms with Gasteiger partial charge in [-0.2, -0.15) is 5.26 Å². The SMILES string of the molecule is CCC=CC(=O)OC1CCC(c2ccc(C#N)c(F)c2)CC1. The minimum atomic E-state index is -0.460. The minimum Gasteiger partial charge on any atom is -0.459 e. The van der Waals surface area contributed by atoms with Crippen LogP contribution < -0.4 is 0 Å². The molecule has 0 aromatic heterocycles. The summed E-state index contributed by atoms with van der Waals surface area (Å²) in [6.45, 7) is 1.96. The van der Waals surface area contributed by atoms with Crippen LogP contribution in [-0.4, -0.2) is 12.1 Å². The normalized spacial score (nSPS) is 21.5. The summed E-state index contributed by atoms with van der Waals surface area (Å²) >= 11 is 0. The molecular formula is C18H20FNO2. The highest BCUT2D eigenvalue weighted by atomic mass is 19.1. The summed E-state index contributed by atoms with van der Waals surface area (Å²) in [5, 5.41) is 8.76. The smallest absolute Gasteiger partial charge is 0.330 e. The zero-order chi connectivity index (χ0) is 15.9. The van der Waals surface area contributed by atoms with Crippen molar-refractivity contribution in [3.05, 3.63) is 47.3 Å². The van der Waals surface area contributed by atoms with Crippen LogP contribution in [0, 0.1) is 17.1 Å². The third kappa shape index (κ3) is 4.17. The molecular weight excluding hydrogens is 281 g/mol. The molecule has 116 valence electrons. The number of halogens is 1. The maximum absolute atomic E-state index is 13.7. The molecule has 1 aromatic rings. The predicted octanol–water partition coefficient (Wildman–Crippen LogP) is 4.23. The van der Waals surface area contributed by atoms with Gasteiger partial charge in [-0.05, 0) is 55.7 Å². The summed E-state index contributed by atoms with van der Waals surface area (Å²) in [6, 6.07) is 6.65. The van der Waals surface area contributed by atoms with Crippen LogP contribution in [0.1, 0.15) is 56.1 Å². The van der Waals surface area contributed by atoms with Crippen molar-refractivity contribution in [3.63, 3.8) is 0 Å². The first kappa shape index (κ1) is 16.2. The molecule has 0 amide bonds. The lowest BCUT2D eigenvalue weighted by Crippen LogP contribution is -2.23.